The minimum Gasteiger partial charge on any atom is -0.387 e. The van der Waals surface area contributed by atoms with Gasteiger partial charge in [0, 0.05) is 18.2 Å². The van der Waals surface area contributed by atoms with Crippen LogP contribution in [0.1, 0.15) is 25.5 Å². The molecule has 1 aromatic rings. The molecule has 1 fully saturated rings. The Hall–Kier alpha value is -1.42. The summed E-state index contributed by atoms with van der Waals surface area (Å²) in [5.74, 6) is 0.329. The van der Waals surface area contributed by atoms with Gasteiger partial charge in [-0.25, -0.2) is 0 Å². The molecule has 0 amide bonds. The molecule has 2 rings (SSSR count). The van der Waals surface area contributed by atoms with Gasteiger partial charge in [0.1, 0.15) is 0 Å². The van der Waals surface area contributed by atoms with Crippen molar-refractivity contribution in [3.8, 4) is 0 Å². The van der Waals surface area contributed by atoms with E-state index in [1.165, 1.54) is 0 Å². The van der Waals surface area contributed by atoms with Crippen LogP contribution in [-0.4, -0.2) is 28.8 Å². The van der Waals surface area contributed by atoms with Crippen molar-refractivity contribution < 1.29 is 0 Å². The molecule has 0 bridgehead atoms. The van der Waals surface area contributed by atoms with Crippen molar-refractivity contribution in [1.29, 1.82) is 5.41 Å². The maximum absolute atomic E-state index is 7.62. The fourth-order valence-electron chi connectivity index (χ4n) is 2.19. The van der Waals surface area contributed by atoms with Crippen molar-refractivity contribution in [3.05, 3.63) is 30.1 Å². The van der Waals surface area contributed by atoms with Crippen molar-refractivity contribution in [3.63, 3.8) is 0 Å². The minimum absolute atomic E-state index is 0.0966. The van der Waals surface area contributed by atoms with Gasteiger partial charge in [-0.05, 0) is 38.1 Å². The summed E-state index contributed by atoms with van der Waals surface area (Å²) in [4.78, 5) is 6.72. The number of nitrogens with zero attached hydrogens (tertiary/aromatic N) is 2. The van der Waals surface area contributed by atoms with Crippen LogP contribution in [0.25, 0.3) is 0 Å². The molecule has 92 valence electrons. The van der Waals surface area contributed by atoms with Crippen LogP contribution in [0.5, 0.6) is 0 Å². The molecule has 1 aliphatic heterocycles. The van der Waals surface area contributed by atoms with Crippen LogP contribution in [0, 0.1) is 10.8 Å². The molecule has 2 heterocycles. The lowest BCUT2D eigenvalue weighted by Crippen LogP contribution is -2.44. The highest BCUT2D eigenvalue weighted by Crippen LogP contribution is 2.30. The quantitative estimate of drug-likeness (QED) is 0.614. The standard InChI is InChI=1S/C13H20N4/c1-13(12(14)15)5-8-17(9-6-13)10-11-4-2-3-7-16-11/h2-4,7H,5-6,8-10H2,1H3,(H3,14,15). The van der Waals surface area contributed by atoms with Crippen LogP contribution >= 0.6 is 0 Å². The largest absolute Gasteiger partial charge is 0.387 e. The summed E-state index contributed by atoms with van der Waals surface area (Å²) < 4.78 is 0. The number of nitrogens with two attached hydrogens (primary N) is 1. The second-order valence-corrected chi connectivity index (χ2v) is 5.07. The first-order chi connectivity index (χ1) is 8.10. The van der Waals surface area contributed by atoms with Gasteiger partial charge in [-0.3, -0.25) is 15.3 Å². The fraction of sp³-hybridized carbons (Fsp3) is 0.538. The van der Waals surface area contributed by atoms with Gasteiger partial charge in [0.05, 0.1) is 11.5 Å². The lowest BCUT2D eigenvalue weighted by molar-refractivity contribution is 0.154. The molecule has 0 spiro atoms. The molecule has 0 aromatic carbocycles. The number of nitrogens with one attached hydrogen (secondary N) is 1. The normalized spacial score (nSPS) is 20.1. The number of likely N-dealkylation sites (tertiary alicyclic amines) is 1. The van der Waals surface area contributed by atoms with Gasteiger partial charge in [0.15, 0.2) is 0 Å². The molecule has 3 N–H and O–H groups in total. The summed E-state index contributed by atoms with van der Waals surface area (Å²) in [5, 5.41) is 7.62. The number of amidine groups is 1. The number of hydrogen-bond donors (Lipinski definition) is 2. The fourth-order valence-corrected chi connectivity index (χ4v) is 2.19. The average molecular weight is 232 g/mol. The Labute approximate surface area is 102 Å². The maximum atomic E-state index is 7.62. The zero-order valence-corrected chi connectivity index (χ0v) is 10.3. The molecule has 1 aromatic heterocycles. The van der Waals surface area contributed by atoms with Crippen molar-refractivity contribution in [1.82, 2.24) is 9.88 Å². The predicted molar refractivity (Wildman–Crippen MR) is 68.8 cm³/mol. The van der Waals surface area contributed by atoms with Crippen LogP contribution in [0.2, 0.25) is 0 Å². The summed E-state index contributed by atoms with van der Waals surface area (Å²) in [5.41, 5.74) is 6.67. The first kappa shape index (κ1) is 12.0. The van der Waals surface area contributed by atoms with Gasteiger partial charge < -0.3 is 5.73 Å². The van der Waals surface area contributed by atoms with E-state index in [0.29, 0.717) is 5.84 Å². The molecule has 1 saturated heterocycles. The van der Waals surface area contributed by atoms with E-state index in [0.717, 1.165) is 38.2 Å². The molecular formula is C13H20N4. The molecule has 4 heteroatoms. The van der Waals surface area contributed by atoms with E-state index in [2.05, 4.69) is 22.9 Å². The highest BCUT2D eigenvalue weighted by Gasteiger charge is 2.32. The lowest BCUT2D eigenvalue weighted by Gasteiger charge is -2.38. The lowest BCUT2D eigenvalue weighted by atomic mass is 9.79. The minimum atomic E-state index is -0.0966. The number of rotatable bonds is 3. The number of pyridine rings is 1. The molecule has 0 unspecified atom stereocenters. The van der Waals surface area contributed by atoms with Crippen LogP contribution in [0.4, 0.5) is 0 Å². The Morgan fingerprint density at radius 1 is 1.47 bits per heavy atom. The van der Waals surface area contributed by atoms with Gasteiger partial charge >= 0.3 is 0 Å². The van der Waals surface area contributed by atoms with Gasteiger partial charge in [-0.1, -0.05) is 13.0 Å². The molecular weight excluding hydrogens is 212 g/mol. The Bertz CT molecular complexity index is 380. The van der Waals surface area contributed by atoms with Gasteiger partial charge in [0.2, 0.25) is 0 Å². The molecule has 0 radical (unpaired) electrons. The summed E-state index contributed by atoms with van der Waals surface area (Å²) in [6, 6.07) is 6.01. The Morgan fingerprint density at radius 2 is 2.18 bits per heavy atom. The summed E-state index contributed by atoms with van der Waals surface area (Å²) >= 11 is 0. The van der Waals surface area contributed by atoms with Crippen molar-refractivity contribution in [2.45, 2.75) is 26.3 Å². The van der Waals surface area contributed by atoms with Crippen molar-refractivity contribution in [2.75, 3.05) is 13.1 Å². The van der Waals surface area contributed by atoms with E-state index in [4.69, 9.17) is 11.1 Å². The highest BCUT2D eigenvalue weighted by molar-refractivity contribution is 5.83. The Balaban J connectivity index is 1.90. The Kier molecular flexibility index (Phi) is 3.43. The first-order valence-electron chi connectivity index (χ1n) is 6.07. The number of hydrogen-bond acceptors (Lipinski definition) is 3. The van der Waals surface area contributed by atoms with Gasteiger partial charge in [-0.2, -0.15) is 0 Å². The molecule has 17 heavy (non-hydrogen) atoms. The van der Waals surface area contributed by atoms with Gasteiger partial charge in [-0.15, -0.1) is 0 Å². The summed E-state index contributed by atoms with van der Waals surface area (Å²) in [7, 11) is 0. The van der Waals surface area contributed by atoms with E-state index in [-0.39, 0.29) is 5.41 Å². The van der Waals surface area contributed by atoms with Crippen LogP contribution in [0.3, 0.4) is 0 Å². The number of piperidine rings is 1. The third-order valence-corrected chi connectivity index (χ3v) is 3.72. The van der Waals surface area contributed by atoms with E-state index in [1.54, 1.807) is 0 Å². The first-order valence-corrected chi connectivity index (χ1v) is 6.07. The third kappa shape index (κ3) is 2.82. The number of aromatic nitrogens is 1. The maximum Gasteiger partial charge on any atom is 0.0966 e. The van der Waals surface area contributed by atoms with E-state index in [1.807, 2.05) is 18.3 Å². The second-order valence-electron chi connectivity index (χ2n) is 5.07. The molecule has 0 atom stereocenters. The highest BCUT2D eigenvalue weighted by atomic mass is 15.1. The average Bonchev–Trinajstić information content (AvgIpc) is 2.33. The molecule has 0 saturated carbocycles. The topological polar surface area (TPSA) is 66.0 Å². The molecule has 0 aliphatic carbocycles. The van der Waals surface area contributed by atoms with Crippen molar-refractivity contribution in [2.24, 2.45) is 11.1 Å². The van der Waals surface area contributed by atoms with Crippen LogP contribution < -0.4 is 5.73 Å². The van der Waals surface area contributed by atoms with E-state index >= 15 is 0 Å². The third-order valence-electron chi connectivity index (χ3n) is 3.72. The zero-order valence-electron chi connectivity index (χ0n) is 10.3. The summed E-state index contributed by atoms with van der Waals surface area (Å²) in [6.07, 6.45) is 3.77. The smallest absolute Gasteiger partial charge is 0.0966 e. The second kappa shape index (κ2) is 4.84. The van der Waals surface area contributed by atoms with E-state index in [9.17, 15) is 0 Å². The predicted octanol–water partition coefficient (Wildman–Crippen LogP) is 1.62. The zero-order chi connectivity index (χ0) is 12.3. The van der Waals surface area contributed by atoms with Crippen LogP contribution in [-0.2, 0) is 6.54 Å². The van der Waals surface area contributed by atoms with Gasteiger partial charge in [0.25, 0.3) is 0 Å². The molecule has 4 nitrogen and oxygen atoms in total. The monoisotopic (exact) mass is 232 g/mol. The van der Waals surface area contributed by atoms with Crippen LogP contribution in [0.15, 0.2) is 24.4 Å². The Morgan fingerprint density at radius 3 is 2.71 bits per heavy atom. The summed E-state index contributed by atoms with van der Waals surface area (Å²) in [6.45, 7) is 4.97. The van der Waals surface area contributed by atoms with E-state index < -0.39 is 0 Å². The SMILES string of the molecule is CC1(C(=N)N)CCN(Cc2ccccn2)CC1. The molecule has 1 aliphatic rings. The van der Waals surface area contributed by atoms with Crippen molar-refractivity contribution >= 4 is 5.84 Å².